The highest BCUT2D eigenvalue weighted by atomic mass is 19.1. The van der Waals surface area contributed by atoms with Gasteiger partial charge in [-0.25, -0.2) is 9.37 Å². The van der Waals surface area contributed by atoms with Gasteiger partial charge in [-0.1, -0.05) is 12.1 Å². The molecule has 1 heterocycles. The van der Waals surface area contributed by atoms with E-state index in [-0.39, 0.29) is 17.5 Å². The first kappa shape index (κ1) is 11.1. The summed E-state index contributed by atoms with van der Waals surface area (Å²) in [5, 5.41) is 3.49. The second-order valence-electron chi connectivity index (χ2n) is 4.69. The largest absolute Gasteiger partial charge is 0.349 e. The summed E-state index contributed by atoms with van der Waals surface area (Å²) in [6.45, 7) is 1.76. The molecule has 0 spiro atoms. The fourth-order valence-corrected chi connectivity index (χ4v) is 2.02. The molecule has 0 aliphatic heterocycles. The molecule has 1 N–H and O–H groups in total. The molecular weight excluding hydrogens is 231 g/mol. The second kappa shape index (κ2) is 4.05. The summed E-state index contributed by atoms with van der Waals surface area (Å²) in [7, 11) is 0. The molecule has 0 bridgehead atoms. The third kappa shape index (κ3) is 1.94. The minimum absolute atomic E-state index is 0.140. The highest BCUT2D eigenvalue weighted by Gasteiger charge is 2.25. The van der Waals surface area contributed by atoms with Crippen LogP contribution in [0.15, 0.2) is 24.3 Å². The van der Waals surface area contributed by atoms with Gasteiger partial charge in [-0.2, -0.15) is 0 Å². The normalized spacial score (nSPS) is 14.8. The van der Waals surface area contributed by atoms with Gasteiger partial charge in [0.15, 0.2) is 0 Å². The lowest BCUT2D eigenvalue weighted by Gasteiger charge is -2.08. The molecule has 0 saturated heterocycles. The van der Waals surface area contributed by atoms with Crippen molar-refractivity contribution in [3.8, 4) is 0 Å². The van der Waals surface area contributed by atoms with Crippen LogP contribution in [0.4, 0.5) is 4.39 Å². The minimum Gasteiger partial charge on any atom is -0.349 e. The molecule has 2 aromatic rings. The SMILES string of the molecule is Cc1cc(C(=O)NC2CC2)c2cccc(F)c2n1. The van der Waals surface area contributed by atoms with Crippen LogP contribution in [-0.2, 0) is 0 Å². The standard InChI is InChI=1S/C14H13FN2O/c1-8-7-11(14(18)17-9-5-6-9)10-3-2-4-12(15)13(10)16-8/h2-4,7,9H,5-6H2,1H3,(H,17,18). The molecule has 4 heteroatoms. The number of nitrogens with one attached hydrogen (secondary N) is 1. The van der Waals surface area contributed by atoms with Crippen molar-refractivity contribution in [2.75, 3.05) is 0 Å². The van der Waals surface area contributed by atoms with E-state index in [1.807, 2.05) is 0 Å². The number of halogens is 1. The molecule has 1 saturated carbocycles. The van der Waals surface area contributed by atoms with Crippen molar-refractivity contribution in [1.82, 2.24) is 10.3 Å². The van der Waals surface area contributed by atoms with Gasteiger partial charge in [0.1, 0.15) is 11.3 Å². The number of aromatic nitrogens is 1. The van der Waals surface area contributed by atoms with E-state index in [1.54, 1.807) is 25.1 Å². The maximum absolute atomic E-state index is 13.7. The van der Waals surface area contributed by atoms with Crippen molar-refractivity contribution in [1.29, 1.82) is 0 Å². The Bertz CT molecular complexity index is 635. The average Bonchev–Trinajstić information content (AvgIpc) is 3.13. The van der Waals surface area contributed by atoms with Gasteiger partial charge in [-0.05, 0) is 31.9 Å². The van der Waals surface area contributed by atoms with Crippen molar-refractivity contribution in [2.45, 2.75) is 25.8 Å². The van der Waals surface area contributed by atoms with E-state index in [1.165, 1.54) is 6.07 Å². The molecule has 92 valence electrons. The zero-order valence-corrected chi connectivity index (χ0v) is 10.0. The van der Waals surface area contributed by atoms with Gasteiger partial charge < -0.3 is 5.32 Å². The van der Waals surface area contributed by atoms with Gasteiger partial charge in [0.2, 0.25) is 0 Å². The van der Waals surface area contributed by atoms with Gasteiger partial charge in [0, 0.05) is 17.1 Å². The van der Waals surface area contributed by atoms with Gasteiger partial charge in [-0.3, -0.25) is 4.79 Å². The summed E-state index contributed by atoms with van der Waals surface area (Å²) in [4.78, 5) is 16.3. The van der Waals surface area contributed by atoms with Crippen LogP contribution in [0.2, 0.25) is 0 Å². The number of para-hydroxylation sites is 1. The van der Waals surface area contributed by atoms with Crippen LogP contribution in [0.25, 0.3) is 10.9 Å². The number of hydrogen-bond acceptors (Lipinski definition) is 2. The molecule has 1 aliphatic rings. The van der Waals surface area contributed by atoms with Crippen molar-refractivity contribution >= 4 is 16.8 Å². The van der Waals surface area contributed by atoms with Crippen LogP contribution in [0.5, 0.6) is 0 Å². The molecule has 18 heavy (non-hydrogen) atoms. The summed E-state index contributed by atoms with van der Waals surface area (Å²) in [5.41, 5.74) is 1.41. The summed E-state index contributed by atoms with van der Waals surface area (Å²) in [6, 6.07) is 6.68. The van der Waals surface area contributed by atoms with Crippen LogP contribution in [0.3, 0.4) is 0 Å². The number of nitrogens with zero attached hydrogens (tertiary/aromatic N) is 1. The van der Waals surface area contributed by atoms with E-state index in [0.717, 1.165) is 12.8 Å². The lowest BCUT2D eigenvalue weighted by Crippen LogP contribution is -2.25. The minimum atomic E-state index is -0.392. The molecular formula is C14H13FN2O. The molecule has 1 amide bonds. The van der Waals surface area contributed by atoms with Crippen LogP contribution < -0.4 is 5.32 Å². The smallest absolute Gasteiger partial charge is 0.252 e. The zero-order chi connectivity index (χ0) is 12.7. The first-order chi connectivity index (χ1) is 8.65. The van der Waals surface area contributed by atoms with Gasteiger partial charge in [0.05, 0.1) is 5.56 Å². The molecule has 1 fully saturated rings. The number of fused-ring (bicyclic) bond motifs is 1. The molecule has 0 unspecified atom stereocenters. The van der Waals surface area contributed by atoms with E-state index in [9.17, 15) is 9.18 Å². The number of amides is 1. The number of benzene rings is 1. The van der Waals surface area contributed by atoms with Crippen LogP contribution in [-0.4, -0.2) is 16.9 Å². The Balaban J connectivity index is 2.14. The lowest BCUT2D eigenvalue weighted by molar-refractivity contribution is 0.0952. The predicted molar refractivity (Wildman–Crippen MR) is 66.9 cm³/mol. The zero-order valence-electron chi connectivity index (χ0n) is 10.0. The van der Waals surface area contributed by atoms with E-state index in [4.69, 9.17) is 0 Å². The third-order valence-corrected chi connectivity index (χ3v) is 3.08. The van der Waals surface area contributed by atoms with Crippen LogP contribution in [0.1, 0.15) is 28.9 Å². The van der Waals surface area contributed by atoms with Crippen LogP contribution in [0, 0.1) is 12.7 Å². The first-order valence-electron chi connectivity index (χ1n) is 6.02. The van der Waals surface area contributed by atoms with Crippen molar-refractivity contribution in [3.63, 3.8) is 0 Å². The summed E-state index contributed by atoms with van der Waals surface area (Å²) < 4.78 is 13.7. The highest BCUT2D eigenvalue weighted by Crippen LogP contribution is 2.23. The molecule has 1 aromatic carbocycles. The lowest BCUT2D eigenvalue weighted by atomic mass is 10.1. The topological polar surface area (TPSA) is 42.0 Å². The quantitative estimate of drug-likeness (QED) is 0.882. The first-order valence-corrected chi connectivity index (χ1v) is 6.02. The summed E-state index contributed by atoms with van der Waals surface area (Å²) in [6.07, 6.45) is 2.06. The number of pyridine rings is 1. The van der Waals surface area contributed by atoms with E-state index < -0.39 is 5.82 Å². The molecule has 3 rings (SSSR count). The van der Waals surface area contributed by atoms with E-state index in [2.05, 4.69) is 10.3 Å². The highest BCUT2D eigenvalue weighted by molar-refractivity contribution is 6.06. The molecule has 0 radical (unpaired) electrons. The Morgan fingerprint density at radius 2 is 2.22 bits per heavy atom. The van der Waals surface area contributed by atoms with Crippen LogP contribution >= 0.6 is 0 Å². The summed E-state index contributed by atoms with van der Waals surface area (Å²) >= 11 is 0. The summed E-state index contributed by atoms with van der Waals surface area (Å²) in [5.74, 6) is -0.532. The monoisotopic (exact) mass is 244 g/mol. The Morgan fingerprint density at radius 1 is 1.44 bits per heavy atom. The Morgan fingerprint density at radius 3 is 2.94 bits per heavy atom. The van der Waals surface area contributed by atoms with E-state index >= 15 is 0 Å². The van der Waals surface area contributed by atoms with Gasteiger partial charge in [-0.15, -0.1) is 0 Å². The Labute approximate surface area is 104 Å². The maximum atomic E-state index is 13.7. The predicted octanol–water partition coefficient (Wildman–Crippen LogP) is 2.57. The fourth-order valence-electron chi connectivity index (χ4n) is 2.02. The van der Waals surface area contributed by atoms with Crippen molar-refractivity contribution < 1.29 is 9.18 Å². The number of hydrogen-bond donors (Lipinski definition) is 1. The Hall–Kier alpha value is -1.97. The van der Waals surface area contributed by atoms with Gasteiger partial charge >= 0.3 is 0 Å². The Kier molecular flexibility index (Phi) is 2.51. The van der Waals surface area contributed by atoms with Crippen molar-refractivity contribution in [3.05, 3.63) is 41.3 Å². The van der Waals surface area contributed by atoms with E-state index in [0.29, 0.717) is 16.6 Å². The third-order valence-electron chi connectivity index (χ3n) is 3.08. The van der Waals surface area contributed by atoms with Crippen molar-refractivity contribution in [2.24, 2.45) is 0 Å². The molecule has 1 aliphatic carbocycles. The molecule has 3 nitrogen and oxygen atoms in total. The van der Waals surface area contributed by atoms with Gasteiger partial charge in [0.25, 0.3) is 5.91 Å². The number of rotatable bonds is 2. The number of carbonyl (C=O) groups excluding carboxylic acids is 1. The molecule has 1 aromatic heterocycles. The average molecular weight is 244 g/mol. The maximum Gasteiger partial charge on any atom is 0.252 e. The number of carbonyl (C=O) groups is 1. The number of aryl methyl sites for hydroxylation is 1. The molecule has 0 atom stereocenters. The second-order valence-corrected chi connectivity index (χ2v) is 4.69. The fraction of sp³-hybridized carbons (Fsp3) is 0.286.